The van der Waals surface area contributed by atoms with Gasteiger partial charge in [-0.1, -0.05) is 6.07 Å². The number of nitriles is 1. The highest BCUT2D eigenvalue weighted by atomic mass is 16.5. The van der Waals surface area contributed by atoms with Crippen LogP contribution in [-0.4, -0.2) is 26.3 Å². The molecular weight excluding hydrogens is 218 g/mol. The highest BCUT2D eigenvalue weighted by molar-refractivity contribution is 5.89. The maximum atomic E-state index is 11.4. The van der Waals surface area contributed by atoms with E-state index in [1.54, 1.807) is 31.4 Å². The minimum absolute atomic E-state index is 0.281. The van der Waals surface area contributed by atoms with Crippen molar-refractivity contribution in [2.45, 2.75) is 6.42 Å². The van der Waals surface area contributed by atoms with Crippen LogP contribution in [0.15, 0.2) is 24.3 Å². The lowest BCUT2D eigenvalue weighted by Crippen LogP contribution is -2.30. The maximum absolute atomic E-state index is 11.4. The number of hydrogen-bond acceptors (Lipinski definition) is 3. The SMILES string of the molecule is COCCCNC(=O)Nc1cccc(C#N)c1. The first-order valence-electron chi connectivity index (χ1n) is 5.30. The van der Waals surface area contributed by atoms with Crippen LogP contribution < -0.4 is 10.6 Å². The van der Waals surface area contributed by atoms with Crippen molar-refractivity contribution in [3.05, 3.63) is 29.8 Å². The highest BCUT2D eigenvalue weighted by Crippen LogP contribution is 2.09. The van der Waals surface area contributed by atoms with Crippen molar-refractivity contribution in [2.75, 3.05) is 25.6 Å². The number of carbonyl (C=O) groups excluding carboxylic acids is 1. The molecule has 1 rings (SSSR count). The molecular formula is C12H15N3O2. The number of nitrogens with one attached hydrogen (secondary N) is 2. The summed E-state index contributed by atoms with van der Waals surface area (Å²) in [6, 6.07) is 8.49. The van der Waals surface area contributed by atoms with Crippen molar-refractivity contribution in [3.8, 4) is 6.07 Å². The first-order valence-corrected chi connectivity index (χ1v) is 5.30. The minimum atomic E-state index is -0.281. The van der Waals surface area contributed by atoms with Crippen LogP contribution in [0.3, 0.4) is 0 Å². The smallest absolute Gasteiger partial charge is 0.319 e. The fourth-order valence-corrected chi connectivity index (χ4v) is 1.26. The van der Waals surface area contributed by atoms with E-state index in [0.29, 0.717) is 24.4 Å². The predicted octanol–water partition coefficient (Wildman–Crippen LogP) is 1.72. The Balaban J connectivity index is 2.37. The Morgan fingerprint density at radius 3 is 3.06 bits per heavy atom. The molecule has 5 nitrogen and oxygen atoms in total. The van der Waals surface area contributed by atoms with Gasteiger partial charge in [0, 0.05) is 25.9 Å². The fourth-order valence-electron chi connectivity index (χ4n) is 1.26. The lowest BCUT2D eigenvalue weighted by Gasteiger charge is -2.07. The van der Waals surface area contributed by atoms with Gasteiger partial charge in [0.05, 0.1) is 11.6 Å². The Bertz CT molecular complexity index is 412. The van der Waals surface area contributed by atoms with Crippen LogP contribution in [0.1, 0.15) is 12.0 Å². The number of urea groups is 1. The number of carbonyl (C=O) groups is 1. The molecule has 0 heterocycles. The molecule has 0 bridgehead atoms. The van der Waals surface area contributed by atoms with Crippen molar-refractivity contribution in [2.24, 2.45) is 0 Å². The predicted molar refractivity (Wildman–Crippen MR) is 64.7 cm³/mol. The molecule has 0 aromatic heterocycles. The molecule has 0 atom stereocenters. The Morgan fingerprint density at radius 1 is 1.53 bits per heavy atom. The van der Waals surface area contributed by atoms with Gasteiger partial charge in [0.15, 0.2) is 0 Å². The van der Waals surface area contributed by atoms with E-state index in [-0.39, 0.29) is 6.03 Å². The topological polar surface area (TPSA) is 74.2 Å². The molecule has 0 fully saturated rings. The van der Waals surface area contributed by atoms with Gasteiger partial charge in [-0.05, 0) is 24.6 Å². The number of methoxy groups -OCH3 is 1. The number of benzene rings is 1. The number of amides is 2. The summed E-state index contributed by atoms with van der Waals surface area (Å²) in [7, 11) is 1.62. The van der Waals surface area contributed by atoms with Crippen molar-refractivity contribution < 1.29 is 9.53 Å². The van der Waals surface area contributed by atoms with Crippen LogP contribution in [0.5, 0.6) is 0 Å². The van der Waals surface area contributed by atoms with Crippen LogP contribution >= 0.6 is 0 Å². The van der Waals surface area contributed by atoms with Crippen LogP contribution in [0, 0.1) is 11.3 Å². The zero-order chi connectivity index (χ0) is 12.5. The van der Waals surface area contributed by atoms with Crippen molar-refractivity contribution in [3.63, 3.8) is 0 Å². The molecule has 0 aliphatic carbocycles. The minimum Gasteiger partial charge on any atom is -0.385 e. The third-order valence-electron chi connectivity index (χ3n) is 2.06. The number of rotatable bonds is 5. The molecule has 0 unspecified atom stereocenters. The summed E-state index contributed by atoms with van der Waals surface area (Å²) in [6.45, 7) is 1.17. The van der Waals surface area contributed by atoms with Crippen molar-refractivity contribution in [1.29, 1.82) is 5.26 Å². The first kappa shape index (κ1) is 13.0. The average molecular weight is 233 g/mol. The molecule has 1 aromatic rings. The van der Waals surface area contributed by atoms with Crippen LogP contribution in [0.2, 0.25) is 0 Å². The van der Waals surface area contributed by atoms with Crippen LogP contribution in [0.4, 0.5) is 10.5 Å². The van der Waals surface area contributed by atoms with Gasteiger partial charge >= 0.3 is 6.03 Å². The van der Waals surface area contributed by atoms with Gasteiger partial charge in [-0.2, -0.15) is 5.26 Å². The zero-order valence-corrected chi connectivity index (χ0v) is 9.69. The van der Waals surface area contributed by atoms with E-state index < -0.39 is 0 Å². The zero-order valence-electron chi connectivity index (χ0n) is 9.69. The summed E-state index contributed by atoms with van der Waals surface area (Å²) in [5, 5.41) is 14.0. The molecule has 17 heavy (non-hydrogen) atoms. The highest BCUT2D eigenvalue weighted by Gasteiger charge is 2.01. The van der Waals surface area contributed by atoms with E-state index in [1.807, 2.05) is 6.07 Å². The van der Waals surface area contributed by atoms with E-state index in [0.717, 1.165) is 6.42 Å². The summed E-state index contributed by atoms with van der Waals surface area (Å²) in [4.78, 5) is 11.4. The summed E-state index contributed by atoms with van der Waals surface area (Å²) in [6.07, 6.45) is 0.766. The number of hydrogen-bond donors (Lipinski definition) is 2. The quantitative estimate of drug-likeness (QED) is 0.760. The molecule has 1 aromatic carbocycles. The lowest BCUT2D eigenvalue weighted by atomic mass is 10.2. The largest absolute Gasteiger partial charge is 0.385 e. The Labute approximate surface area is 100 Å². The molecule has 0 spiro atoms. The van der Waals surface area contributed by atoms with E-state index in [9.17, 15) is 4.79 Å². The molecule has 90 valence electrons. The molecule has 0 radical (unpaired) electrons. The molecule has 0 aliphatic rings. The van der Waals surface area contributed by atoms with Gasteiger partial charge < -0.3 is 15.4 Å². The second-order valence-corrected chi connectivity index (χ2v) is 3.42. The van der Waals surface area contributed by atoms with Gasteiger partial charge in [0.25, 0.3) is 0 Å². The Hall–Kier alpha value is -2.06. The van der Waals surface area contributed by atoms with Gasteiger partial charge in [-0.3, -0.25) is 0 Å². The van der Waals surface area contributed by atoms with E-state index in [1.165, 1.54) is 0 Å². The standard InChI is InChI=1S/C12H15N3O2/c1-17-7-3-6-14-12(16)15-11-5-2-4-10(8-11)9-13/h2,4-5,8H,3,6-7H2,1H3,(H2,14,15,16). The monoisotopic (exact) mass is 233 g/mol. The number of anilines is 1. The summed E-state index contributed by atoms with van der Waals surface area (Å²) in [5.74, 6) is 0. The van der Waals surface area contributed by atoms with Crippen LogP contribution in [-0.2, 0) is 4.74 Å². The van der Waals surface area contributed by atoms with Gasteiger partial charge in [0.2, 0.25) is 0 Å². The molecule has 0 saturated carbocycles. The number of nitrogens with zero attached hydrogens (tertiary/aromatic N) is 1. The Kier molecular flexibility index (Phi) is 5.55. The molecule has 0 aliphatic heterocycles. The number of ether oxygens (including phenoxy) is 1. The summed E-state index contributed by atoms with van der Waals surface area (Å²) in [5.41, 5.74) is 1.12. The molecule has 2 amide bonds. The molecule has 5 heteroatoms. The van der Waals surface area contributed by atoms with E-state index >= 15 is 0 Å². The first-order chi connectivity index (χ1) is 8.26. The molecule has 2 N–H and O–H groups in total. The molecule has 0 saturated heterocycles. The second-order valence-electron chi connectivity index (χ2n) is 3.42. The maximum Gasteiger partial charge on any atom is 0.319 e. The second kappa shape index (κ2) is 7.25. The van der Waals surface area contributed by atoms with E-state index in [4.69, 9.17) is 10.00 Å². The van der Waals surface area contributed by atoms with Crippen molar-refractivity contribution >= 4 is 11.7 Å². The van der Waals surface area contributed by atoms with Gasteiger partial charge in [0.1, 0.15) is 0 Å². The third-order valence-corrected chi connectivity index (χ3v) is 2.06. The van der Waals surface area contributed by atoms with Gasteiger partial charge in [-0.25, -0.2) is 4.79 Å². The van der Waals surface area contributed by atoms with Gasteiger partial charge in [-0.15, -0.1) is 0 Å². The normalized spacial score (nSPS) is 9.41. The third kappa shape index (κ3) is 5.00. The fraction of sp³-hybridized carbons (Fsp3) is 0.333. The summed E-state index contributed by atoms with van der Waals surface area (Å²) >= 11 is 0. The Morgan fingerprint density at radius 2 is 2.35 bits per heavy atom. The van der Waals surface area contributed by atoms with Crippen LogP contribution in [0.25, 0.3) is 0 Å². The van der Waals surface area contributed by atoms with E-state index in [2.05, 4.69) is 10.6 Å². The van der Waals surface area contributed by atoms with Crippen molar-refractivity contribution in [1.82, 2.24) is 5.32 Å². The average Bonchev–Trinajstić information content (AvgIpc) is 2.35. The lowest BCUT2D eigenvalue weighted by molar-refractivity contribution is 0.194. The summed E-state index contributed by atoms with van der Waals surface area (Å²) < 4.78 is 4.86.